The molecule has 0 bridgehead atoms. The summed E-state index contributed by atoms with van der Waals surface area (Å²) in [6, 6.07) is 13.3. The molecule has 0 spiro atoms. The van der Waals surface area contributed by atoms with Crippen molar-refractivity contribution in [1.82, 2.24) is 4.90 Å². The van der Waals surface area contributed by atoms with Gasteiger partial charge in [0.05, 0.1) is 11.6 Å². The minimum Gasteiger partial charge on any atom is -0.550 e. The van der Waals surface area contributed by atoms with E-state index in [-0.39, 0.29) is 25.0 Å². The minimum absolute atomic E-state index is 0.0158. The van der Waals surface area contributed by atoms with Crippen molar-refractivity contribution in [3.05, 3.63) is 88.9 Å². The van der Waals surface area contributed by atoms with Crippen molar-refractivity contribution in [3.63, 3.8) is 0 Å². The first-order chi connectivity index (χ1) is 14.4. The number of amides is 1. The zero-order valence-electron chi connectivity index (χ0n) is 16.0. The Morgan fingerprint density at radius 2 is 1.77 bits per heavy atom. The predicted octanol–water partition coefficient (Wildman–Crippen LogP) is 2.33. The molecule has 30 heavy (non-hydrogen) atoms. The molecule has 6 nitrogen and oxygen atoms in total. The standard InChI is InChI=1S/C23H20FNO5/c24-17-11-9-16(10-12-17)21-20(18(26)13-8-15-5-2-1-3-6-15)22(29)23(30)25(21)14-4-7-19(27)28/h1-3,5-6,8-13,21,29H,4,7,14H2,(H,27,28)/p-1/b13-8+/t21-/m0/s1. The molecule has 1 amide bonds. The fraction of sp³-hybridized carbons (Fsp3) is 0.174. The maximum atomic E-state index is 13.4. The summed E-state index contributed by atoms with van der Waals surface area (Å²) in [4.78, 5) is 37.5. The summed E-state index contributed by atoms with van der Waals surface area (Å²) in [6.45, 7) is -0.0158. The Bertz CT molecular complexity index is 1010. The van der Waals surface area contributed by atoms with Crippen LogP contribution in [0.4, 0.5) is 4.39 Å². The largest absolute Gasteiger partial charge is 0.550 e. The van der Waals surface area contributed by atoms with Crippen LogP contribution in [-0.2, 0) is 14.4 Å². The molecule has 1 N–H and O–H groups in total. The number of rotatable bonds is 8. The summed E-state index contributed by atoms with van der Waals surface area (Å²) in [5.74, 6) is -3.79. The summed E-state index contributed by atoms with van der Waals surface area (Å²) < 4.78 is 13.4. The molecule has 0 aliphatic carbocycles. The van der Waals surface area contributed by atoms with Gasteiger partial charge in [0.15, 0.2) is 11.5 Å². The number of carbonyl (C=O) groups is 3. The van der Waals surface area contributed by atoms with E-state index in [9.17, 15) is 29.0 Å². The van der Waals surface area contributed by atoms with Crippen LogP contribution in [-0.4, -0.2) is 34.2 Å². The summed E-state index contributed by atoms with van der Waals surface area (Å²) in [5.41, 5.74) is 1.06. The van der Waals surface area contributed by atoms with Crippen molar-refractivity contribution in [2.24, 2.45) is 0 Å². The van der Waals surface area contributed by atoms with Gasteiger partial charge in [0.2, 0.25) is 0 Å². The second-order valence-corrected chi connectivity index (χ2v) is 6.80. The zero-order chi connectivity index (χ0) is 21.7. The molecule has 2 aromatic carbocycles. The number of benzene rings is 2. The van der Waals surface area contributed by atoms with Crippen molar-refractivity contribution >= 4 is 23.7 Å². The molecule has 1 aliphatic heterocycles. The highest BCUT2D eigenvalue weighted by atomic mass is 19.1. The third-order valence-electron chi connectivity index (χ3n) is 4.76. The van der Waals surface area contributed by atoms with Gasteiger partial charge in [-0.05, 0) is 42.2 Å². The van der Waals surface area contributed by atoms with Gasteiger partial charge in [0.1, 0.15) is 5.82 Å². The number of carboxylic acid groups (broad SMARTS) is 1. The first-order valence-electron chi connectivity index (χ1n) is 9.35. The van der Waals surface area contributed by atoms with Gasteiger partial charge < -0.3 is 19.9 Å². The highest BCUT2D eigenvalue weighted by Gasteiger charge is 2.42. The number of ketones is 1. The third-order valence-corrected chi connectivity index (χ3v) is 4.76. The number of hydrogen-bond acceptors (Lipinski definition) is 5. The van der Waals surface area contributed by atoms with Crippen LogP contribution in [0.2, 0.25) is 0 Å². The van der Waals surface area contributed by atoms with E-state index in [2.05, 4.69) is 0 Å². The Kier molecular flexibility index (Phi) is 6.41. The van der Waals surface area contributed by atoms with Gasteiger partial charge in [-0.2, -0.15) is 0 Å². The number of aliphatic carboxylic acids is 1. The molecular formula is C23H19FNO5-. The van der Waals surface area contributed by atoms with Crippen molar-refractivity contribution in [1.29, 1.82) is 0 Å². The molecule has 0 radical (unpaired) electrons. The van der Waals surface area contributed by atoms with Crippen LogP contribution in [0.1, 0.15) is 30.0 Å². The van der Waals surface area contributed by atoms with Crippen LogP contribution < -0.4 is 5.11 Å². The van der Waals surface area contributed by atoms with Gasteiger partial charge in [-0.1, -0.05) is 48.5 Å². The molecule has 1 aliphatic rings. The number of carbonyl (C=O) groups excluding carboxylic acids is 3. The Hall–Kier alpha value is -3.74. The smallest absolute Gasteiger partial charge is 0.290 e. The SMILES string of the molecule is O=C([O-])CCCN1C(=O)C(O)=C(C(=O)/C=C/c2ccccc2)[C@@H]1c1ccc(F)cc1. The fourth-order valence-electron chi connectivity index (χ4n) is 3.35. The van der Waals surface area contributed by atoms with E-state index in [1.807, 2.05) is 6.07 Å². The highest BCUT2D eigenvalue weighted by Crippen LogP contribution is 2.38. The van der Waals surface area contributed by atoms with Crippen molar-refractivity contribution < 1.29 is 29.0 Å². The molecule has 0 saturated carbocycles. The van der Waals surface area contributed by atoms with Crippen molar-refractivity contribution in [3.8, 4) is 0 Å². The molecule has 3 rings (SSSR count). The maximum Gasteiger partial charge on any atom is 0.290 e. The molecule has 7 heteroatoms. The van der Waals surface area contributed by atoms with E-state index in [1.165, 1.54) is 35.2 Å². The average Bonchev–Trinajstić information content (AvgIpc) is 2.98. The Balaban J connectivity index is 1.94. The average molecular weight is 408 g/mol. The molecular weight excluding hydrogens is 389 g/mol. The van der Waals surface area contributed by atoms with Crippen LogP contribution in [0.15, 0.2) is 72.0 Å². The van der Waals surface area contributed by atoms with Crippen LogP contribution in [0.25, 0.3) is 6.08 Å². The van der Waals surface area contributed by atoms with E-state index in [0.717, 1.165) is 5.56 Å². The van der Waals surface area contributed by atoms with Crippen LogP contribution >= 0.6 is 0 Å². The van der Waals surface area contributed by atoms with E-state index in [1.54, 1.807) is 30.3 Å². The molecule has 1 atom stereocenters. The topological polar surface area (TPSA) is 97.7 Å². The number of carboxylic acids is 1. The van der Waals surface area contributed by atoms with Gasteiger partial charge in [-0.3, -0.25) is 9.59 Å². The van der Waals surface area contributed by atoms with Gasteiger partial charge in [-0.25, -0.2) is 4.39 Å². The lowest BCUT2D eigenvalue weighted by Crippen LogP contribution is -2.33. The van der Waals surface area contributed by atoms with Gasteiger partial charge in [0.25, 0.3) is 5.91 Å². The molecule has 0 aromatic heterocycles. The predicted molar refractivity (Wildman–Crippen MR) is 105 cm³/mol. The Morgan fingerprint density at radius 1 is 1.10 bits per heavy atom. The van der Waals surface area contributed by atoms with E-state index in [0.29, 0.717) is 5.56 Å². The highest BCUT2D eigenvalue weighted by molar-refractivity contribution is 6.14. The van der Waals surface area contributed by atoms with E-state index in [4.69, 9.17) is 0 Å². The van der Waals surface area contributed by atoms with E-state index < -0.39 is 35.3 Å². The first kappa shape index (κ1) is 21.0. The van der Waals surface area contributed by atoms with E-state index >= 15 is 0 Å². The monoisotopic (exact) mass is 408 g/mol. The summed E-state index contributed by atoms with van der Waals surface area (Å²) >= 11 is 0. The number of aliphatic hydroxyl groups is 1. The van der Waals surface area contributed by atoms with Gasteiger partial charge in [-0.15, -0.1) is 0 Å². The second kappa shape index (κ2) is 9.17. The summed E-state index contributed by atoms with van der Waals surface area (Å²) in [5, 5.41) is 21.1. The second-order valence-electron chi connectivity index (χ2n) is 6.80. The lowest BCUT2D eigenvalue weighted by Gasteiger charge is -2.26. The molecule has 2 aromatic rings. The minimum atomic E-state index is -1.26. The number of nitrogens with zero attached hydrogens (tertiary/aromatic N) is 1. The zero-order valence-corrected chi connectivity index (χ0v) is 16.0. The molecule has 0 fully saturated rings. The van der Waals surface area contributed by atoms with Crippen molar-refractivity contribution in [2.75, 3.05) is 6.54 Å². The maximum absolute atomic E-state index is 13.4. The van der Waals surface area contributed by atoms with Crippen LogP contribution in [0.3, 0.4) is 0 Å². The van der Waals surface area contributed by atoms with Crippen molar-refractivity contribution in [2.45, 2.75) is 18.9 Å². The number of allylic oxidation sites excluding steroid dienone is 1. The number of aliphatic hydroxyl groups excluding tert-OH is 1. The molecule has 0 unspecified atom stereocenters. The summed E-state index contributed by atoms with van der Waals surface area (Å²) in [7, 11) is 0. The van der Waals surface area contributed by atoms with Crippen LogP contribution in [0.5, 0.6) is 0 Å². The molecule has 0 saturated heterocycles. The fourth-order valence-corrected chi connectivity index (χ4v) is 3.35. The number of hydrogen-bond donors (Lipinski definition) is 1. The Labute approximate surface area is 172 Å². The molecule has 1 heterocycles. The van der Waals surface area contributed by atoms with Gasteiger partial charge in [0, 0.05) is 12.5 Å². The van der Waals surface area contributed by atoms with Crippen LogP contribution in [0, 0.1) is 5.82 Å². The number of halogens is 1. The lowest BCUT2D eigenvalue weighted by atomic mass is 9.95. The lowest BCUT2D eigenvalue weighted by molar-refractivity contribution is -0.305. The first-order valence-corrected chi connectivity index (χ1v) is 9.35. The van der Waals surface area contributed by atoms with Gasteiger partial charge >= 0.3 is 0 Å². The molecule has 154 valence electrons. The summed E-state index contributed by atoms with van der Waals surface area (Å²) in [6.07, 6.45) is 2.63. The normalized spacial score (nSPS) is 16.5. The third kappa shape index (κ3) is 4.63. The Morgan fingerprint density at radius 3 is 2.40 bits per heavy atom. The quantitative estimate of drug-likeness (QED) is 0.676.